The van der Waals surface area contributed by atoms with Crippen LogP contribution in [0.25, 0.3) is 0 Å². The first kappa shape index (κ1) is 13.9. The van der Waals surface area contributed by atoms with Crippen molar-refractivity contribution in [3.05, 3.63) is 0 Å². The molecule has 2 heterocycles. The molecule has 3 nitrogen and oxygen atoms in total. The maximum Gasteiger partial charge on any atom is 0.239 e. The van der Waals surface area contributed by atoms with Gasteiger partial charge in [0, 0.05) is 13.1 Å². The highest BCUT2D eigenvalue weighted by molar-refractivity contribution is 5.82. The molecule has 0 aromatic heterocycles. The highest BCUT2D eigenvalue weighted by atomic mass is 16.2. The Morgan fingerprint density at radius 3 is 2.50 bits per heavy atom. The van der Waals surface area contributed by atoms with Crippen LogP contribution in [-0.2, 0) is 4.79 Å². The van der Waals surface area contributed by atoms with Gasteiger partial charge in [-0.15, -0.1) is 0 Å². The Bertz CT molecular complexity index is 261. The number of unbranched alkanes of at least 4 members (excludes halogenated alkanes) is 1. The number of carbonyl (C=O) groups excluding carboxylic acids is 1. The summed E-state index contributed by atoms with van der Waals surface area (Å²) in [5.41, 5.74) is 0. The molecule has 0 aromatic rings. The van der Waals surface area contributed by atoms with Crippen LogP contribution in [0, 0.1) is 0 Å². The molecule has 0 radical (unpaired) electrons. The molecule has 18 heavy (non-hydrogen) atoms. The van der Waals surface area contributed by atoms with E-state index in [4.69, 9.17) is 0 Å². The van der Waals surface area contributed by atoms with Gasteiger partial charge in [0.2, 0.25) is 5.91 Å². The van der Waals surface area contributed by atoms with Crippen LogP contribution >= 0.6 is 0 Å². The molecule has 0 N–H and O–H groups in total. The molecule has 0 spiro atoms. The maximum absolute atomic E-state index is 12.6. The van der Waals surface area contributed by atoms with Gasteiger partial charge in [-0.05, 0) is 51.6 Å². The summed E-state index contributed by atoms with van der Waals surface area (Å²) in [7, 11) is 0. The minimum atomic E-state index is 0.198. The molecule has 2 saturated heterocycles. The fraction of sp³-hybridized carbons (Fsp3) is 0.933. The van der Waals surface area contributed by atoms with Crippen molar-refractivity contribution in [2.24, 2.45) is 0 Å². The third-order valence-corrected chi connectivity index (χ3v) is 4.37. The molecule has 0 aromatic carbocycles. The van der Waals surface area contributed by atoms with Crippen LogP contribution in [0.15, 0.2) is 0 Å². The van der Waals surface area contributed by atoms with Crippen molar-refractivity contribution in [1.29, 1.82) is 0 Å². The van der Waals surface area contributed by atoms with Crippen molar-refractivity contribution in [3.8, 4) is 0 Å². The Labute approximate surface area is 112 Å². The van der Waals surface area contributed by atoms with E-state index < -0.39 is 0 Å². The topological polar surface area (TPSA) is 23.6 Å². The van der Waals surface area contributed by atoms with Gasteiger partial charge in [0.05, 0.1) is 6.04 Å². The van der Waals surface area contributed by atoms with Crippen molar-refractivity contribution in [2.75, 3.05) is 26.2 Å². The van der Waals surface area contributed by atoms with Crippen molar-refractivity contribution >= 4 is 5.91 Å². The quantitative estimate of drug-likeness (QED) is 0.768. The number of nitrogens with zero attached hydrogens (tertiary/aromatic N) is 2. The standard InChI is InChI=1S/C15H28N2O/c1-2-3-10-16-11-8-5-9-14(16)15(18)17-12-6-4-7-13-17/h14H,2-13H2,1H3. The number of amides is 1. The van der Waals surface area contributed by atoms with Crippen LogP contribution < -0.4 is 0 Å². The number of carbonyl (C=O) groups is 1. The summed E-state index contributed by atoms with van der Waals surface area (Å²) in [6, 6.07) is 0.198. The molecule has 1 atom stereocenters. The molecule has 0 aliphatic carbocycles. The zero-order valence-corrected chi connectivity index (χ0v) is 11.9. The molecule has 2 aliphatic heterocycles. The fourth-order valence-corrected chi connectivity index (χ4v) is 3.22. The lowest BCUT2D eigenvalue weighted by atomic mass is 9.99. The second kappa shape index (κ2) is 7.13. The molecule has 1 amide bonds. The number of rotatable bonds is 4. The molecular formula is C15H28N2O. The SMILES string of the molecule is CCCCN1CCCCC1C(=O)N1CCCCC1. The van der Waals surface area contributed by atoms with Crippen LogP contribution in [-0.4, -0.2) is 47.9 Å². The average molecular weight is 252 g/mol. The third kappa shape index (κ3) is 3.47. The molecule has 104 valence electrons. The van der Waals surface area contributed by atoms with Crippen LogP contribution in [0.3, 0.4) is 0 Å². The Kier molecular flexibility index (Phi) is 5.48. The average Bonchev–Trinajstić information content (AvgIpc) is 2.45. The monoisotopic (exact) mass is 252 g/mol. The van der Waals surface area contributed by atoms with Crippen LogP contribution in [0.2, 0.25) is 0 Å². The highest BCUT2D eigenvalue weighted by Crippen LogP contribution is 2.21. The van der Waals surface area contributed by atoms with Crippen LogP contribution in [0.1, 0.15) is 58.3 Å². The molecule has 3 heteroatoms. The minimum Gasteiger partial charge on any atom is -0.341 e. The van der Waals surface area contributed by atoms with E-state index in [0.29, 0.717) is 5.91 Å². The van der Waals surface area contributed by atoms with E-state index in [1.807, 2.05) is 0 Å². The first-order valence-electron chi connectivity index (χ1n) is 7.85. The largest absolute Gasteiger partial charge is 0.341 e. The summed E-state index contributed by atoms with van der Waals surface area (Å²) in [5.74, 6) is 0.422. The third-order valence-electron chi connectivity index (χ3n) is 4.37. The van der Waals surface area contributed by atoms with Gasteiger partial charge in [0.25, 0.3) is 0 Å². The smallest absolute Gasteiger partial charge is 0.239 e. The second-order valence-electron chi connectivity index (χ2n) is 5.79. The summed E-state index contributed by atoms with van der Waals surface area (Å²) in [6.07, 6.45) is 9.74. The Hall–Kier alpha value is -0.570. The van der Waals surface area contributed by atoms with Gasteiger partial charge >= 0.3 is 0 Å². The highest BCUT2D eigenvalue weighted by Gasteiger charge is 2.31. The predicted molar refractivity (Wildman–Crippen MR) is 74.6 cm³/mol. The maximum atomic E-state index is 12.6. The van der Waals surface area contributed by atoms with Gasteiger partial charge in [-0.2, -0.15) is 0 Å². The van der Waals surface area contributed by atoms with E-state index >= 15 is 0 Å². The Morgan fingerprint density at radius 1 is 1.06 bits per heavy atom. The van der Waals surface area contributed by atoms with Crippen molar-refractivity contribution in [3.63, 3.8) is 0 Å². The zero-order valence-electron chi connectivity index (χ0n) is 11.9. The summed E-state index contributed by atoms with van der Waals surface area (Å²) in [5, 5.41) is 0. The normalized spacial score (nSPS) is 26.3. The van der Waals surface area contributed by atoms with Gasteiger partial charge in [0.1, 0.15) is 0 Å². The Morgan fingerprint density at radius 2 is 1.78 bits per heavy atom. The lowest BCUT2D eigenvalue weighted by molar-refractivity contribution is -0.139. The van der Waals surface area contributed by atoms with E-state index in [-0.39, 0.29) is 6.04 Å². The Balaban J connectivity index is 1.91. The molecule has 2 rings (SSSR count). The van der Waals surface area contributed by atoms with Crippen LogP contribution in [0.4, 0.5) is 0 Å². The molecular weight excluding hydrogens is 224 g/mol. The summed E-state index contributed by atoms with van der Waals surface area (Å²) in [4.78, 5) is 17.2. The van der Waals surface area contributed by atoms with E-state index in [1.165, 1.54) is 44.9 Å². The summed E-state index contributed by atoms with van der Waals surface area (Å²) in [6.45, 7) is 6.46. The van der Waals surface area contributed by atoms with Gasteiger partial charge in [0.15, 0.2) is 0 Å². The second-order valence-corrected chi connectivity index (χ2v) is 5.79. The molecule has 0 bridgehead atoms. The predicted octanol–water partition coefficient (Wildman–Crippen LogP) is 2.65. The van der Waals surface area contributed by atoms with Crippen molar-refractivity contribution in [1.82, 2.24) is 9.80 Å². The van der Waals surface area contributed by atoms with Gasteiger partial charge < -0.3 is 4.90 Å². The first-order valence-corrected chi connectivity index (χ1v) is 7.85. The van der Waals surface area contributed by atoms with Gasteiger partial charge in [-0.1, -0.05) is 19.8 Å². The van der Waals surface area contributed by atoms with E-state index in [1.54, 1.807) is 0 Å². The summed E-state index contributed by atoms with van der Waals surface area (Å²) >= 11 is 0. The van der Waals surface area contributed by atoms with E-state index in [9.17, 15) is 4.79 Å². The van der Waals surface area contributed by atoms with Gasteiger partial charge in [-0.3, -0.25) is 9.69 Å². The molecule has 1 unspecified atom stereocenters. The first-order chi connectivity index (χ1) is 8.83. The van der Waals surface area contributed by atoms with E-state index in [2.05, 4.69) is 16.7 Å². The zero-order chi connectivity index (χ0) is 12.8. The fourth-order valence-electron chi connectivity index (χ4n) is 3.22. The number of likely N-dealkylation sites (tertiary alicyclic amines) is 2. The van der Waals surface area contributed by atoms with Crippen molar-refractivity contribution in [2.45, 2.75) is 64.3 Å². The number of hydrogen-bond donors (Lipinski definition) is 0. The van der Waals surface area contributed by atoms with Gasteiger partial charge in [-0.25, -0.2) is 0 Å². The summed E-state index contributed by atoms with van der Waals surface area (Å²) < 4.78 is 0. The lowest BCUT2D eigenvalue weighted by Gasteiger charge is -2.38. The minimum absolute atomic E-state index is 0.198. The number of piperidine rings is 2. The molecule has 0 saturated carbocycles. The molecule has 2 fully saturated rings. The lowest BCUT2D eigenvalue weighted by Crippen LogP contribution is -2.52. The van der Waals surface area contributed by atoms with E-state index in [0.717, 1.165) is 32.6 Å². The molecule has 2 aliphatic rings. The van der Waals surface area contributed by atoms with Crippen LogP contribution in [0.5, 0.6) is 0 Å². The van der Waals surface area contributed by atoms with Crippen molar-refractivity contribution < 1.29 is 4.79 Å². The number of hydrogen-bond acceptors (Lipinski definition) is 2.